The summed E-state index contributed by atoms with van der Waals surface area (Å²) in [5, 5.41) is 3.10. The molecule has 2 nitrogen and oxygen atoms in total. The van der Waals surface area contributed by atoms with Crippen molar-refractivity contribution in [3.05, 3.63) is 35.2 Å². The largest absolute Gasteiger partial charge is 0.321 e. The van der Waals surface area contributed by atoms with Crippen molar-refractivity contribution in [3.8, 4) is 0 Å². The smallest absolute Gasteiger partial charge is 0.180 e. The molecule has 0 fully saturated rings. The fourth-order valence-corrected chi connectivity index (χ4v) is 2.35. The van der Waals surface area contributed by atoms with Crippen LogP contribution < -0.4 is 5.73 Å². The van der Waals surface area contributed by atoms with Crippen molar-refractivity contribution in [1.29, 1.82) is 0 Å². The molecule has 1 heterocycles. The lowest BCUT2D eigenvalue weighted by molar-refractivity contribution is 0.0970. The summed E-state index contributed by atoms with van der Waals surface area (Å²) >= 11 is 1.58. The van der Waals surface area contributed by atoms with Crippen LogP contribution in [-0.2, 0) is 0 Å². The molecule has 0 saturated heterocycles. The fourth-order valence-electron chi connectivity index (χ4n) is 1.43. The number of carbonyl (C=O) groups is 1. The third-order valence-electron chi connectivity index (χ3n) is 2.16. The molecule has 1 aromatic carbocycles. The maximum atomic E-state index is 11.7. The average molecular weight is 205 g/mol. The number of ketones is 1. The molecule has 2 aromatic rings. The highest BCUT2D eigenvalue weighted by atomic mass is 32.1. The van der Waals surface area contributed by atoms with Crippen LogP contribution in [0.2, 0.25) is 0 Å². The highest BCUT2D eigenvalue weighted by molar-refractivity contribution is 7.17. The topological polar surface area (TPSA) is 43.1 Å². The number of fused-ring (bicyclic) bond motifs is 1. The van der Waals surface area contributed by atoms with Crippen LogP contribution in [0.25, 0.3) is 10.1 Å². The Morgan fingerprint density at radius 3 is 2.93 bits per heavy atom. The normalized spacial score (nSPS) is 13.0. The minimum atomic E-state index is -0.428. The van der Waals surface area contributed by atoms with E-state index in [2.05, 4.69) is 0 Å². The van der Waals surface area contributed by atoms with Crippen molar-refractivity contribution in [2.45, 2.75) is 13.0 Å². The Balaban J connectivity index is 2.62. The lowest BCUT2D eigenvalue weighted by atomic mass is 10.0. The van der Waals surface area contributed by atoms with E-state index < -0.39 is 6.04 Å². The van der Waals surface area contributed by atoms with Gasteiger partial charge in [0.1, 0.15) is 0 Å². The van der Waals surface area contributed by atoms with E-state index >= 15 is 0 Å². The zero-order valence-corrected chi connectivity index (χ0v) is 8.67. The molecule has 0 saturated carbocycles. The van der Waals surface area contributed by atoms with Crippen molar-refractivity contribution < 1.29 is 4.79 Å². The molecule has 0 bridgehead atoms. The molecule has 72 valence electrons. The standard InChI is InChI=1S/C11H11NOS/c1-7(12)10(13)9-4-2-3-8-5-6-14-11(8)9/h2-7H,12H2,1H3. The average Bonchev–Trinajstić information content (AvgIpc) is 2.63. The van der Waals surface area contributed by atoms with E-state index in [0.717, 1.165) is 15.6 Å². The van der Waals surface area contributed by atoms with E-state index in [4.69, 9.17) is 5.73 Å². The van der Waals surface area contributed by atoms with E-state index in [1.54, 1.807) is 18.3 Å². The minimum Gasteiger partial charge on any atom is -0.321 e. The van der Waals surface area contributed by atoms with E-state index in [9.17, 15) is 4.79 Å². The molecule has 1 atom stereocenters. The van der Waals surface area contributed by atoms with Gasteiger partial charge in [0.15, 0.2) is 5.78 Å². The van der Waals surface area contributed by atoms with Crippen LogP contribution in [0.3, 0.4) is 0 Å². The molecule has 1 unspecified atom stereocenters. The second-order valence-electron chi connectivity index (χ2n) is 3.30. The molecule has 0 aliphatic rings. The van der Waals surface area contributed by atoms with Gasteiger partial charge in [0.25, 0.3) is 0 Å². The molecular weight excluding hydrogens is 194 g/mol. The summed E-state index contributed by atoms with van der Waals surface area (Å²) in [5.41, 5.74) is 6.33. The number of hydrogen-bond acceptors (Lipinski definition) is 3. The van der Waals surface area contributed by atoms with Gasteiger partial charge in [0.05, 0.1) is 6.04 Å². The first kappa shape index (κ1) is 9.37. The fraction of sp³-hybridized carbons (Fsp3) is 0.182. The Morgan fingerprint density at radius 2 is 2.21 bits per heavy atom. The van der Waals surface area contributed by atoms with Crippen LogP contribution in [0.5, 0.6) is 0 Å². The van der Waals surface area contributed by atoms with Gasteiger partial charge in [-0.25, -0.2) is 0 Å². The number of rotatable bonds is 2. The van der Waals surface area contributed by atoms with Crippen molar-refractivity contribution in [2.24, 2.45) is 5.73 Å². The Morgan fingerprint density at radius 1 is 1.43 bits per heavy atom. The van der Waals surface area contributed by atoms with Gasteiger partial charge in [0, 0.05) is 10.3 Å². The number of thiophene rings is 1. The maximum Gasteiger partial charge on any atom is 0.180 e. The Kier molecular flexibility index (Phi) is 2.35. The summed E-state index contributed by atoms with van der Waals surface area (Å²) < 4.78 is 1.04. The van der Waals surface area contributed by atoms with E-state index in [0.29, 0.717) is 0 Å². The summed E-state index contributed by atoms with van der Waals surface area (Å²) in [6.45, 7) is 1.72. The molecule has 0 aliphatic carbocycles. The molecule has 0 spiro atoms. The van der Waals surface area contributed by atoms with Crippen LogP contribution in [0, 0.1) is 0 Å². The van der Waals surface area contributed by atoms with Crippen molar-refractivity contribution in [2.75, 3.05) is 0 Å². The van der Waals surface area contributed by atoms with Gasteiger partial charge in [-0.1, -0.05) is 12.1 Å². The van der Waals surface area contributed by atoms with Gasteiger partial charge >= 0.3 is 0 Å². The molecule has 3 heteroatoms. The van der Waals surface area contributed by atoms with E-state index in [1.165, 1.54) is 0 Å². The lowest BCUT2D eigenvalue weighted by Gasteiger charge is -2.04. The number of Topliss-reactive ketones (excluding diaryl/α,β-unsaturated/α-hetero) is 1. The van der Waals surface area contributed by atoms with Crippen LogP contribution in [0.4, 0.5) is 0 Å². The molecule has 14 heavy (non-hydrogen) atoms. The molecule has 1 aromatic heterocycles. The number of benzene rings is 1. The summed E-state index contributed by atoms with van der Waals surface area (Å²) in [6, 6.07) is 7.32. The first-order valence-electron chi connectivity index (χ1n) is 4.46. The SMILES string of the molecule is CC(N)C(=O)c1cccc2ccsc12. The molecule has 0 aliphatic heterocycles. The predicted molar refractivity (Wildman–Crippen MR) is 59.8 cm³/mol. The zero-order chi connectivity index (χ0) is 10.1. The van der Waals surface area contributed by atoms with Crippen molar-refractivity contribution >= 4 is 27.2 Å². The Hall–Kier alpha value is -1.19. The first-order valence-corrected chi connectivity index (χ1v) is 5.34. The molecule has 2 rings (SSSR count). The second kappa shape index (κ2) is 3.52. The Bertz CT molecular complexity index is 473. The van der Waals surface area contributed by atoms with Crippen molar-refractivity contribution in [1.82, 2.24) is 0 Å². The zero-order valence-electron chi connectivity index (χ0n) is 7.86. The van der Waals surface area contributed by atoms with Crippen LogP contribution in [0.15, 0.2) is 29.6 Å². The van der Waals surface area contributed by atoms with Gasteiger partial charge in [-0.3, -0.25) is 4.79 Å². The Labute approximate surface area is 86.3 Å². The molecular formula is C11H11NOS. The third-order valence-corrected chi connectivity index (χ3v) is 3.12. The van der Waals surface area contributed by atoms with Crippen LogP contribution in [0.1, 0.15) is 17.3 Å². The van der Waals surface area contributed by atoms with Gasteiger partial charge in [-0.2, -0.15) is 0 Å². The summed E-state index contributed by atoms with van der Waals surface area (Å²) in [4.78, 5) is 11.7. The molecule has 2 N–H and O–H groups in total. The third kappa shape index (κ3) is 1.45. The summed E-state index contributed by atoms with van der Waals surface area (Å²) in [7, 11) is 0. The van der Waals surface area contributed by atoms with Crippen LogP contribution in [-0.4, -0.2) is 11.8 Å². The highest BCUT2D eigenvalue weighted by Crippen LogP contribution is 2.25. The first-order chi connectivity index (χ1) is 6.70. The number of carbonyl (C=O) groups excluding carboxylic acids is 1. The minimum absolute atomic E-state index is 0.0121. The van der Waals surface area contributed by atoms with Gasteiger partial charge in [-0.05, 0) is 29.8 Å². The predicted octanol–water partition coefficient (Wildman–Crippen LogP) is 2.43. The maximum absolute atomic E-state index is 11.7. The molecule has 0 amide bonds. The van der Waals surface area contributed by atoms with Gasteiger partial charge in [0.2, 0.25) is 0 Å². The number of nitrogens with two attached hydrogens (primary N) is 1. The summed E-state index contributed by atoms with van der Waals surface area (Å²) in [6.07, 6.45) is 0. The van der Waals surface area contributed by atoms with Crippen LogP contribution >= 0.6 is 11.3 Å². The quantitative estimate of drug-likeness (QED) is 0.765. The van der Waals surface area contributed by atoms with Gasteiger partial charge < -0.3 is 5.73 Å². The monoisotopic (exact) mass is 205 g/mol. The second-order valence-corrected chi connectivity index (χ2v) is 4.21. The van der Waals surface area contributed by atoms with Crippen molar-refractivity contribution in [3.63, 3.8) is 0 Å². The molecule has 0 radical (unpaired) electrons. The highest BCUT2D eigenvalue weighted by Gasteiger charge is 2.14. The van der Waals surface area contributed by atoms with Gasteiger partial charge in [-0.15, -0.1) is 11.3 Å². The number of hydrogen-bond donors (Lipinski definition) is 1. The lowest BCUT2D eigenvalue weighted by Crippen LogP contribution is -2.26. The van der Waals surface area contributed by atoms with E-state index in [1.807, 2.05) is 29.6 Å². The summed E-state index contributed by atoms with van der Waals surface area (Å²) in [5.74, 6) is 0.0121. The van der Waals surface area contributed by atoms with E-state index in [-0.39, 0.29) is 5.78 Å².